The van der Waals surface area contributed by atoms with Gasteiger partial charge in [0, 0.05) is 36.5 Å². The van der Waals surface area contributed by atoms with E-state index in [1.807, 2.05) is 54.7 Å². The number of nitrogens with two attached hydrogens (primary N) is 1. The number of rotatable bonds is 12. The van der Waals surface area contributed by atoms with Gasteiger partial charge in [0.1, 0.15) is 6.10 Å². The summed E-state index contributed by atoms with van der Waals surface area (Å²) in [7, 11) is 5.12. The first-order valence-electron chi connectivity index (χ1n) is 9.14. The lowest BCUT2D eigenvalue weighted by atomic mass is 9.81. The monoisotopic (exact) mass is 443 g/mol. The van der Waals surface area contributed by atoms with E-state index >= 15 is 0 Å². The smallest absolute Gasteiger partial charge is 0.331 e. The first-order chi connectivity index (χ1) is 13.4. The molecule has 6 atom stereocenters. The van der Waals surface area contributed by atoms with Crippen LogP contribution in [-0.4, -0.2) is 30.8 Å². The molecule has 0 saturated heterocycles. The zero-order valence-electron chi connectivity index (χ0n) is 16.5. The lowest BCUT2D eigenvalue weighted by Crippen LogP contribution is -2.39. The molecule has 0 aromatic carbocycles. The molecule has 1 aliphatic heterocycles. The molecule has 0 amide bonds. The summed E-state index contributed by atoms with van der Waals surface area (Å²) < 4.78 is 15.9. The molecule has 0 bridgehead atoms. The number of allylic oxidation sites excluding steroid dienone is 4. The lowest BCUT2D eigenvalue weighted by Gasteiger charge is -2.31. The Morgan fingerprint density at radius 3 is 2.82 bits per heavy atom. The van der Waals surface area contributed by atoms with Crippen molar-refractivity contribution >= 4 is 32.9 Å². The van der Waals surface area contributed by atoms with Crippen LogP contribution in [0.3, 0.4) is 0 Å². The number of esters is 1. The van der Waals surface area contributed by atoms with Gasteiger partial charge >= 0.3 is 5.97 Å². The van der Waals surface area contributed by atoms with Gasteiger partial charge in [0.25, 0.3) is 0 Å². The molecule has 0 radical (unpaired) electrons. The molecule has 1 heterocycles. The minimum Gasteiger partial charge on any atom is -0.455 e. The predicted molar refractivity (Wildman–Crippen MR) is 125 cm³/mol. The zero-order chi connectivity index (χ0) is 20.8. The largest absolute Gasteiger partial charge is 0.455 e. The van der Waals surface area contributed by atoms with E-state index in [0.717, 1.165) is 0 Å². The van der Waals surface area contributed by atoms with E-state index in [1.165, 1.54) is 6.08 Å². The molecular weight excluding hydrogens is 411 g/mol. The van der Waals surface area contributed by atoms with Crippen LogP contribution in [0.1, 0.15) is 26.7 Å². The lowest BCUT2D eigenvalue weighted by molar-refractivity contribution is -0.141. The highest BCUT2D eigenvalue weighted by Gasteiger charge is 2.26. The molecule has 5 nitrogen and oxygen atoms in total. The SMILES string of the molecule is CC(C)(/C=C/[C@H]1CC=CC(=O)O1)[C@H](N)C[C@H](\C=C/C=C\C=C\COP)OPP. The molecule has 156 valence electrons. The van der Waals surface area contributed by atoms with Gasteiger partial charge in [0.05, 0.1) is 12.7 Å². The molecular formula is C20H32NO4P3. The van der Waals surface area contributed by atoms with Gasteiger partial charge < -0.3 is 19.5 Å². The highest BCUT2D eigenvalue weighted by atomic mass is 32.0. The summed E-state index contributed by atoms with van der Waals surface area (Å²) in [5, 5.41) is 0. The molecule has 8 heteroatoms. The van der Waals surface area contributed by atoms with Crippen LogP contribution in [0.25, 0.3) is 0 Å². The summed E-state index contributed by atoms with van der Waals surface area (Å²) in [6, 6.07) is -0.113. The predicted octanol–water partition coefficient (Wildman–Crippen LogP) is 4.40. The van der Waals surface area contributed by atoms with Crippen molar-refractivity contribution in [3.8, 4) is 0 Å². The fourth-order valence-corrected chi connectivity index (χ4v) is 3.43. The van der Waals surface area contributed by atoms with Crippen LogP contribution in [0.15, 0.2) is 60.8 Å². The van der Waals surface area contributed by atoms with Crippen molar-refractivity contribution < 1.29 is 18.6 Å². The minimum absolute atomic E-state index is 0.0713. The first-order valence-corrected chi connectivity index (χ1v) is 12.3. The average molecular weight is 443 g/mol. The van der Waals surface area contributed by atoms with E-state index in [4.69, 9.17) is 19.5 Å². The van der Waals surface area contributed by atoms with Gasteiger partial charge in [-0.3, -0.25) is 0 Å². The van der Waals surface area contributed by atoms with Crippen molar-refractivity contribution in [1.82, 2.24) is 0 Å². The molecule has 2 N–H and O–H groups in total. The summed E-state index contributed by atoms with van der Waals surface area (Å²) >= 11 is 0. The zero-order valence-corrected chi connectivity index (χ0v) is 19.8. The summed E-state index contributed by atoms with van der Waals surface area (Å²) in [6.07, 6.45) is 20.0. The molecule has 0 aliphatic carbocycles. The number of carbonyl (C=O) groups is 1. The third kappa shape index (κ3) is 10.8. The van der Waals surface area contributed by atoms with Crippen molar-refractivity contribution in [3.63, 3.8) is 0 Å². The molecule has 3 unspecified atom stereocenters. The summed E-state index contributed by atoms with van der Waals surface area (Å²) in [5.41, 5.74) is 6.22. The normalized spacial score (nSPS) is 21.0. The minimum atomic E-state index is -0.299. The van der Waals surface area contributed by atoms with E-state index in [-0.39, 0.29) is 29.6 Å². The van der Waals surface area contributed by atoms with E-state index in [2.05, 4.69) is 32.2 Å². The second kappa shape index (κ2) is 14.3. The number of carbonyl (C=O) groups excluding carboxylic acids is 1. The van der Waals surface area contributed by atoms with Crippen molar-refractivity contribution in [1.29, 1.82) is 0 Å². The highest BCUT2D eigenvalue weighted by Crippen LogP contribution is 2.30. The van der Waals surface area contributed by atoms with Gasteiger partial charge in [-0.1, -0.05) is 71.4 Å². The maximum Gasteiger partial charge on any atom is 0.331 e. The Bertz CT molecular complexity index is 615. The van der Waals surface area contributed by atoms with Crippen LogP contribution in [0.5, 0.6) is 0 Å². The van der Waals surface area contributed by atoms with Gasteiger partial charge in [-0.25, -0.2) is 4.79 Å². The standard InChI is InChI=1S/C20H32NO4P3/c1-20(2,13-12-16-10-8-11-19(22)24-16)18(21)15-17(25-28-27)9-6-4-3-5-7-14-23-26/h3-9,11-13,16-18,28H,10,14-15,21,26-27H2,1-2H3/b4-3-,7-5+,9-6-,13-12+/t16-,17+,18-/m1/s1. The Morgan fingerprint density at radius 1 is 1.39 bits per heavy atom. The third-order valence-corrected chi connectivity index (χ3v) is 5.32. The van der Waals surface area contributed by atoms with Gasteiger partial charge in [-0.15, -0.1) is 0 Å². The van der Waals surface area contributed by atoms with E-state index in [1.54, 1.807) is 0 Å². The van der Waals surface area contributed by atoms with Crippen LogP contribution in [0.4, 0.5) is 0 Å². The van der Waals surface area contributed by atoms with E-state index in [0.29, 0.717) is 27.9 Å². The van der Waals surface area contributed by atoms with E-state index < -0.39 is 0 Å². The number of ether oxygens (including phenoxy) is 1. The van der Waals surface area contributed by atoms with Crippen molar-refractivity contribution in [2.45, 2.75) is 44.9 Å². The number of hydrogen-bond donors (Lipinski definition) is 1. The maximum absolute atomic E-state index is 11.3. The maximum atomic E-state index is 11.3. The molecule has 0 aromatic heterocycles. The van der Waals surface area contributed by atoms with Crippen molar-refractivity contribution in [3.05, 3.63) is 60.8 Å². The molecule has 28 heavy (non-hydrogen) atoms. The quantitative estimate of drug-likeness (QED) is 0.210. The van der Waals surface area contributed by atoms with Gasteiger partial charge in [0.15, 0.2) is 0 Å². The van der Waals surface area contributed by atoms with Crippen molar-refractivity contribution in [2.24, 2.45) is 11.1 Å². The average Bonchev–Trinajstić information content (AvgIpc) is 2.66. The van der Waals surface area contributed by atoms with Crippen LogP contribution in [0, 0.1) is 5.41 Å². The van der Waals surface area contributed by atoms with Crippen LogP contribution < -0.4 is 5.73 Å². The number of cyclic esters (lactones) is 1. The molecule has 1 rings (SSSR count). The molecule has 1 aliphatic rings. The second-order valence-electron chi connectivity index (χ2n) is 6.94. The van der Waals surface area contributed by atoms with Gasteiger partial charge in [-0.2, -0.15) is 0 Å². The van der Waals surface area contributed by atoms with Gasteiger partial charge in [-0.05, 0) is 17.9 Å². The number of hydrogen-bond acceptors (Lipinski definition) is 5. The van der Waals surface area contributed by atoms with Crippen LogP contribution in [-0.2, 0) is 18.6 Å². The Balaban J connectivity index is 2.61. The summed E-state index contributed by atoms with van der Waals surface area (Å²) in [5.74, 6) is -0.299. The summed E-state index contributed by atoms with van der Waals surface area (Å²) in [6.45, 7) is 4.72. The highest BCUT2D eigenvalue weighted by molar-refractivity contribution is 8.00. The molecule has 0 aromatic rings. The molecule has 0 saturated carbocycles. The van der Waals surface area contributed by atoms with Crippen LogP contribution >= 0.6 is 26.9 Å². The van der Waals surface area contributed by atoms with Gasteiger partial charge in [0.2, 0.25) is 0 Å². The van der Waals surface area contributed by atoms with Crippen molar-refractivity contribution in [2.75, 3.05) is 6.61 Å². The third-order valence-electron chi connectivity index (χ3n) is 4.28. The fourth-order valence-electron chi connectivity index (χ4n) is 2.45. The molecule has 0 fully saturated rings. The second-order valence-corrected chi connectivity index (χ2v) is 8.45. The first kappa shape index (κ1) is 25.4. The Morgan fingerprint density at radius 2 is 2.14 bits per heavy atom. The summed E-state index contributed by atoms with van der Waals surface area (Å²) in [4.78, 5) is 11.3. The fraction of sp³-hybridized carbons (Fsp3) is 0.450. The van der Waals surface area contributed by atoms with Crippen LogP contribution in [0.2, 0.25) is 0 Å². The topological polar surface area (TPSA) is 70.8 Å². The Hall–Kier alpha value is -0.660. The Labute approximate surface area is 175 Å². The van der Waals surface area contributed by atoms with E-state index in [9.17, 15) is 4.79 Å². The molecule has 0 spiro atoms. The Kier molecular flexibility index (Phi) is 13.0.